The summed E-state index contributed by atoms with van der Waals surface area (Å²) in [6, 6.07) is 7.49. The molecule has 0 fully saturated rings. The summed E-state index contributed by atoms with van der Waals surface area (Å²) >= 11 is 2.70. The van der Waals surface area contributed by atoms with Gasteiger partial charge in [0.25, 0.3) is 0 Å². The second-order valence-corrected chi connectivity index (χ2v) is 8.52. The summed E-state index contributed by atoms with van der Waals surface area (Å²) in [7, 11) is 0. The smallest absolute Gasteiger partial charge is 0.341 e. The lowest BCUT2D eigenvalue weighted by molar-refractivity contribution is -0.120. The minimum Gasteiger partial charge on any atom is -0.462 e. The molecule has 2 N–H and O–H groups in total. The van der Waals surface area contributed by atoms with Gasteiger partial charge in [-0.2, -0.15) is 0 Å². The molecule has 1 aromatic heterocycles. The zero-order valence-electron chi connectivity index (χ0n) is 15.3. The van der Waals surface area contributed by atoms with Crippen molar-refractivity contribution < 1.29 is 19.1 Å². The first-order valence-electron chi connectivity index (χ1n) is 8.54. The Morgan fingerprint density at radius 2 is 2.00 bits per heavy atom. The first kappa shape index (κ1) is 19.4. The Morgan fingerprint density at radius 3 is 2.74 bits per heavy atom. The molecule has 2 heterocycles. The van der Waals surface area contributed by atoms with E-state index in [-0.39, 0.29) is 24.8 Å². The topological polar surface area (TPSA) is 84.5 Å². The summed E-state index contributed by atoms with van der Waals surface area (Å²) in [5.41, 5.74) is 1.95. The van der Waals surface area contributed by atoms with Gasteiger partial charge >= 0.3 is 5.97 Å². The molecule has 8 heteroatoms. The van der Waals surface area contributed by atoms with E-state index in [1.807, 2.05) is 38.1 Å². The van der Waals surface area contributed by atoms with Crippen LogP contribution < -0.4 is 10.6 Å². The molecule has 6 nitrogen and oxygen atoms in total. The predicted octanol–water partition coefficient (Wildman–Crippen LogP) is 3.98. The Morgan fingerprint density at radius 1 is 1.26 bits per heavy atom. The van der Waals surface area contributed by atoms with Crippen LogP contribution in [0.3, 0.4) is 0 Å². The van der Waals surface area contributed by atoms with Gasteiger partial charge in [-0.25, -0.2) is 4.79 Å². The van der Waals surface area contributed by atoms with Gasteiger partial charge in [0, 0.05) is 16.2 Å². The molecule has 1 aliphatic heterocycles. The Balaban J connectivity index is 1.73. The number of carbonyl (C=O) groups is 3. The number of benzene rings is 1. The number of para-hydroxylation sites is 1. The fourth-order valence-electron chi connectivity index (χ4n) is 2.74. The number of carbonyl (C=O) groups excluding carboxylic acids is 3. The van der Waals surface area contributed by atoms with Crippen LogP contribution in [-0.2, 0) is 14.3 Å². The van der Waals surface area contributed by atoms with E-state index in [4.69, 9.17) is 4.74 Å². The van der Waals surface area contributed by atoms with Crippen molar-refractivity contribution in [3.8, 4) is 0 Å². The number of anilines is 2. The number of rotatable bonds is 5. The van der Waals surface area contributed by atoms with E-state index < -0.39 is 11.2 Å². The van der Waals surface area contributed by atoms with Crippen LogP contribution in [0.25, 0.3) is 0 Å². The van der Waals surface area contributed by atoms with Crippen molar-refractivity contribution in [2.24, 2.45) is 0 Å². The Hall–Kier alpha value is -2.32. The van der Waals surface area contributed by atoms with Gasteiger partial charge in [0.15, 0.2) is 0 Å². The van der Waals surface area contributed by atoms with Crippen molar-refractivity contribution in [1.29, 1.82) is 0 Å². The van der Waals surface area contributed by atoms with Crippen LogP contribution in [0.1, 0.15) is 34.1 Å². The molecule has 0 saturated carbocycles. The minimum atomic E-state index is -0.520. The number of esters is 1. The van der Waals surface area contributed by atoms with Crippen LogP contribution in [0.4, 0.5) is 10.7 Å². The van der Waals surface area contributed by atoms with Crippen LogP contribution >= 0.6 is 23.1 Å². The van der Waals surface area contributed by atoms with E-state index >= 15 is 0 Å². The highest BCUT2D eigenvalue weighted by atomic mass is 32.2. The molecular weight excluding hydrogens is 384 g/mol. The van der Waals surface area contributed by atoms with Crippen LogP contribution in [0.2, 0.25) is 0 Å². The average molecular weight is 405 g/mol. The number of aryl methyl sites for hydroxylation is 1. The van der Waals surface area contributed by atoms with E-state index in [1.165, 1.54) is 23.1 Å². The van der Waals surface area contributed by atoms with Gasteiger partial charge < -0.3 is 15.4 Å². The lowest BCUT2D eigenvalue weighted by atomic mass is 10.1. The molecule has 1 aromatic carbocycles. The molecule has 2 aromatic rings. The van der Waals surface area contributed by atoms with E-state index in [2.05, 4.69) is 10.6 Å². The highest BCUT2D eigenvalue weighted by molar-refractivity contribution is 8.01. The molecule has 3 rings (SSSR count). The molecule has 142 valence electrons. The van der Waals surface area contributed by atoms with Crippen LogP contribution in [0.5, 0.6) is 0 Å². The van der Waals surface area contributed by atoms with Crippen molar-refractivity contribution in [2.45, 2.75) is 37.3 Å². The SMILES string of the molecule is CCOC(=O)c1c(NC(=O)C[C@@H]2Sc3ccccc3NC2=O)sc(C)c1C. The molecule has 0 radical (unpaired) electrons. The third kappa shape index (κ3) is 4.17. The molecule has 27 heavy (non-hydrogen) atoms. The summed E-state index contributed by atoms with van der Waals surface area (Å²) in [6.45, 7) is 5.72. The van der Waals surface area contributed by atoms with Gasteiger partial charge in [-0.05, 0) is 38.5 Å². The molecule has 0 spiro atoms. The summed E-state index contributed by atoms with van der Waals surface area (Å²) in [4.78, 5) is 38.9. The zero-order chi connectivity index (χ0) is 19.6. The lowest BCUT2D eigenvalue weighted by Gasteiger charge is -2.23. The van der Waals surface area contributed by atoms with Gasteiger partial charge in [-0.15, -0.1) is 23.1 Å². The maximum absolute atomic E-state index is 12.5. The lowest BCUT2D eigenvalue weighted by Crippen LogP contribution is -2.32. The monoisotopic (exact) mass is 404 g/mol. The number of nitrogens with one attached hydrogen (secondary N) is 2. The number of hydrogen-bond donors (Lipinski definition) is 2. The van der Waals surface area contributed by atoms with E-state index in [9.17, 15) is 14.4 Å². The second-order valence-electron chi connectivity index (χ2n) is 6.05. The van der Waals surface area contributed by atoms with Crippen LogP contribution in [0.15, 0.2) is 29.2 Å². The Labute approximate surface area is 165 Å². The Bertz CT molecular complexity index is 907. The van der Waals surface area contributed by atoms with Crippen molar-refractivity contribution in [1.82, 2.24) is 0 Å². The number of amides is 2. The van der Waals surface area contributed by atoms with Crippen LogP contribution in [-0.4, -0.2) is 29.6 Å². The van der Waals surface area contributed by atoms with Crippen LogP contribution in [0, 0.1) is 13.8 Å². The van der Waals surface area contributed by atoms with Gasteiger partial charge in [-0.3, -0.25) is 9.59 Å². The van der Waals surface area contributed by atoms with Gasteiger partial charge in [-0.1, -0.05) is 12.1 Å². The molecule has 0 unspecified atom stereocenters. The highest BCUT2D eigenvalue weighted by Gasteiger charge is 2.30. The number of hydrogen-bond acceptors (Lipinski definition) is 6. The van der Waals surface area contributed by atoms with E-state index in [0.29, 0.717) is 10.6 Å². The number of ether oxygens (including phenoxy) is 1. The first-order chi connectivity index (χ1) is 12.9. The minimum absolute atomic E-state index is 0.0170. The van der Waals surface area contributed by atoms with Crippen molar-refractivity contribution in [3.05, 3.63) is 40.3 Å². The number of fused-ring (bicyclic) bond motifs is 1. The van der Waals surface area contributed by atoms with Crippen molar-refractivity contribution in [3.63, 3.8) is 0 Å². The predicted molar refractivity (Wildman–Crippen MR) is 108 cm³/mol. The molecule has 1 aliphatic rings. The van der Waals surface area contributed by atoms with Crippen molar-refractivity contribution in [2.75, 3.05) is 17.2 Å². The summed E-state index contributed by atoms with van der Waals surface area (Å²) in [5, 5.41) is 5.56. The van der Waals surface area contributed by atoms with Gasteiger partial charge in [0.05, 0.1) is 23.1 Å². The third-order valence-electron chi connectivity index (χ3n) is 4.20. The highest BCUT2D eigenvalue weighted by Crippen LogP contribution is 2.37. The summed E-state index contributed by atoms with van der Waals surface area (Å²) in [5.74, 6) is -0.958. The standard InChI is InChI=1S/C19H20N2O4S2/c1-4-25-19(24)16-10(2)11(3)26-18(16)21-15(22)9-14-17(23)20-12-7-5-6-8-13(12)27-14/h5-8,14H,4,9H2,1-3H3,(H,20,23)(H,21,22)/t14-/m0/s1. The maximum atomic E-state index is 12.5. The second kappa shape index (κ2) is 8.14. The summed E-state index contributed by atoms with van der Waals surface area (Å²) in [6.07, 6.45) is 0.0170. The zero-order valence-corrected chi connectivity index (χ0v) is 16.9. The largest absolute Gasteiger partial charge is 0.462 e. The first-order valence-corrected chi connectivity index (χ1v) is 10.2. The number of thiophene rings is 1. The number of thioether (sulfide) groups is 1. The van der Waals surface area contributed by atoms with Crippen molar-refractivity contribution >= 4 is 51.6 Å². The normalized spacial score (nSPS) is 15.7. The Kier molecular flexibility index (Phi) is 5.86. The summed E-state index contributed by atoms with van der Waals surface area (Å²) < 4.78 is 5.10. The fraction of sp³-hybridized carbons (Fsp3) is 0.316. The molecule has 1 atom stereocenters. The fourth-order valence-corrected chi connectivity index (χ4v) is 4.91. The molecule has 0 saturated heterocycles. The third-order valence-corrected chi connectivity index (χ3v) is 6.59. The molecular formula is C19H20N2O4S2. The average Bonchev–Trinajstić information content (AvgIpc) is 2.89. The molecule has 0 bridgehead atoms. The molecule has 2 amide bonds. The molecule has 0 aliphatic carbocycles. The maximum Gasteiger partial charge on any atom is 0.341 e. The van der Waals surface area contributed by atoms with E-state index in [0.717, 1.165) is 21.0 Å². The van der Waals surface area contributed by atoms with E-state index in [1.54, 1.807) is 6.92 Å². The quantitative estimate of drug-likeness (QED) is 0.737. The van der Waals surface area contributed by atoms with Gasteiger partial charge in [0.2, 0.25) is 11.8 Å². The van der Waals surface area contributed by atoms with Gasteiger partial charge in [0.1, 0.15) is 5.00 Å².